The summed E-state index contributed by atoms with van der Waals surface area (Å²) in [4.78, 5) is 15.4. The Balaban J connectivity index is 1.86. The van der Waals surface area contributed by atoms with Crippen molar-refractivity contribution in [3.8, 4) is 0 Å². The van der Waals surface area contributed by atoms with Crippen molar-refractivity contribution in [3.05, 3.63) is 29.8 Å². The zero-order valence-corrected chi connectivity index (χ0v) is 15.1. The second-order valence-corrected chi connectivity index (χ2v) is 8.17. The zero-order valence-electron chi connectivity index (χ0n) is 14.3. The van der Waals surface area contributed by atoms with Crippen molar-refractivity contribution in [2.45, 2.75) is 49.8 Å². The van der Waals surface area contributed by atoms with Crippen molar-refractivity contribution in [2.24, 2.45) is 5.92 Å². The summed E-state index contributed by atoms with van der Waals surface area (Å²) in [6.45, 7) is 8.07. The van der Waals surface area contributed by atoms with E-state index in [-0.39, 0.29) is 18.7 Å². The number of piperidine rings is 1. The average molecular weight is 337 g/mol. The Morgan fingerprint density at radius 1 is 1.26 bits per heavy atom. The predicted octanol–water partition coefficient (Wildman–Crippen LogP) is 3.66. The lowest BCUT2D eigenvalue weighted by Crippen LogP contribution is -2.45. The van der Waals surface area contributed by atoms with Crippen molar-refractivity contribution in [2.75, 3.05) is 19.7 Å². The van der Waals surface area contributed by atoms with Crippen molar-refractivity contribution in [1.82, 2.24) is 10.2 Å². The maximum Gasteiger partial charge on any atom is 0.317 e. The van der Waals surface area contributed by atoms with Crippen molar-refractivity contribution < 1.29 is 9.90 Å². The lowest BCUT2D eigenvalue weighted by molar-refractivity contribution is 0.136. The third-order valence-electron chi connectivity index (χ3n) is 4.25. The summed E-state index contributed by atoms with van der Waals surface area (Å²) >= 11 is 1.84. The number of hydrogen-bond donors (Lipinski definition) is 2. The van der Waals surface area contributed by atoms with Gasteiger partial charge in [-0.15, -0.1) is 11.8 Å². The van der Waals surface area contributed by atoms with Gasteiger partial charge in [-0.05, 0) is 43.4 Å². The molecule has 0 radical (unpaired) electrons. The molecule has 0 aliphatic carbocycles. The number of aliphatic hydroxyl groups is 1. The van der Waals surface area contributed by atoms with E-state index in [2.05, 4.69) is 43.4 Å². The van der Waals surface area contributed by atoms with Gasteiger partial charge in [0.15, 0.2) is 0 Å². The van der Waals surface area contributed by atoms with Crippen LogP contribution in [0.1, 0.15) is 45.2 Å². The minimum atomic E-state index is -0.00507. The van der Waals surface area contributed by atoms with E-state index in [0.717, 1.165) is 31.5 Å². The lowest BCUT2D eigenvalue weighted by Gasteiger charge is -2.32. The molecule has 1 aliphatic heterocycles. The summed E-state index contributed by atoms with van der Waals surface area (Å²) in [6, 6.07) is 8.41. The molecule has 0 bridgehead atoms. The van der Waals surface area contributed by atoms with Crippen molar-refractivity contribution in [3.63, 3.8) is 0 Å². The first-order chi connectivity index (χ1) is 11.0. The summed E-state index contributed by atoms with van der Waals surface area (Å²) in [6.07, 6.45) is 1.78. The fourth-order valence-electron chi connectivity index (χ4n) is 2.79. The number of amides is 2. The molecule has 4 nitrogen and oxygen atoms in total. The van der Waals surface area contributed by atoms with Crippen LogP contribution in [0.15, 0.2) is 29.2 Å². The molecule has 1 aromatic rings. The molecule has 2 rings (SSSR count). The Bertz CT molecular complexity index is 496. The van der Waals surface area contributed by atoms with E-state index in [1.54, 1.807) is 0 Å². The third-order valence-corrected chi connectivity index (χ3v) is 5.27. The van der Waals surface area contributed by atoms with Crippen LogP contribution < -0.4 is 5.32 Å². The van der Waals surface area contributed by atoms with E-state index in [9.17, 15) is 4.79 Å². The molecule has 0 unspecified atom stereocenters. The molecule has 128 valence electrons. The first-order valence-corrected chi connectivity index (χ1v) is 9.30. The molecule has 1 saturated heterocycles. The molecule has 1 aromatic carbocycles. The van der Waals surface area contributed by atoms with Crippen molar-refractivity contribution in [1.29, 1.82) is 0 Å². The molecule has 2 N–H and O–H groups in total. The van der Waals surface area contributed by atoms with Gasteiger partial charge in [-0.1, -0.05) is 26.0 Å². The highest BCUT2D eigenvalue weighted by Gasteiger charge is 2.23. The Morgan fingerprint density at radius 3 is 2.39 bits per heavy atom. The average Bonchev–Trinajstić information content (AvgIpc) is 2.55. The second-order valence-electron chi connectivity index (χ2n) is 6.52. The molecule has 1 aliphatic rings. The summed E-state index contributed by atoms with van der Waals surface area (Å²) in [7, 11) is 0. The number of aliphatic hydroxyl groups excluding tert-OH is 1. The molecule has 5 heteroatoms. The van der Waals surface area contributed by atoms with Crippen LogP contribution in [0.4, 0.5) is 4.79 Å². The van der Waals surface area contributed by atoms with E-state index in [0.29, 0.717) is 11.2 Å². The fourth-order valence-corrected chi connectivity index (χ4v) is 3.62. The number of likely N-dealkylation sites (tertiary alicyclic amines) is 1. The molecule has 0 saturated carbocycles. The molecule has 0 spiro atoms. The highest BCUT2D eigenvalue weighted by Crippen LogP contribution is 2.24. The first-order valence-electron chi connectivity index (χ1n) is 8.42. The van der Waals surface area contributed by atoms with E-state index >= 15 is 0 Å². The van der Waals surface area contributed by atoms with Crippen LogP contribution in [0.25, 0.3) is 0 Å². The Labute approximate surface area is 143 Å². The van der Waals surface area contributed by atoms with Gasteiger partial charge in [0.1, 0.15) is 0 Å². The van der Waals surface area contributed by atoms with Gasteiger partial charge in [0.05, 0.1) is 6.04 Å². The monoisotopic (exact) mass is 336 g/mol. The molecule has 1 heterocycles. The van der Waals surface area contributed by atoms with Gasteiger partial charge in [-0.3, -0.25) is 0 Å². The summed E-state index contributed by atoms with van der Waals surface area (Å²) in [5.41, 5.74) is 1.12. The molecule has 0 aromatic heterocycles. The largest absolute Gasteiger partial charge is 0.396 e. The SMILES string of the molecule is CC(C)Sc1ccc([C@@H](C)NC(=O)N2CCC(CO)CC2)cc1. The standard InChI is InChI=1S/C18H28N2O2S/c1-13(2)23-17-6-4-16(5-7-17)14(3)19-18(22)20-10-8-15(12-21)9-11-20/h4-7,13-15,21H,8-12H2,1-3H3,(H,19,22)/t14-/m1/s1. The molecule has 1 atom stereocenters. The lowest BCUT2D eigenvalue weighted by atomic mass is 9.98. The summed E-state index contributed by atoms with van der Waals surface area (Å²) in [5.74, 6) is 0.350. The van der Waals surface area contributed by atoms with Gasteiger partial charge in [0, 0.05) is 29.8 Å². The van der Waals surface area contributed by atoms with E-state index < -0.39 is 0 Å². The Kier molecular flexibility index (Phi) is 6.78. The van der Waals surface area contributed by atoms with Gasteiger partial charge in [-0.2, -0.15) is 0 Å². The number of nitrogens with one attached hydrogen (secondary N) is 1. The number of carbonyl (C=O) groups excluding carboxylic acids is 1. The first kappa shape index (κ1) is 18.1. The van der Waals surface area contributed by atoms with Gasteiger partial charge in [0.2, 0.25) is 0 Å². The quantitative estimate of drug-likeness (QED) is 0.807. The molecule has 2 amide bonds. The number of carbonyl (C=O) groups is 1. The van der Waals surface area contributed by atoms with Gasteiger partial charge >= 0.3 is 6.03 Å². The highest BCUT2D eigenvalue weighted by atomic mass is 32.2. The van der Waals surface area contributed by atoms with Crippen LogP contribution in [-0.4, -0.2) is 41.0 Å². The maximum absolute atomic E-state index is 12.3. The third kappa shape index (κ3) is 5.43. The maximum atomic E-state index is 12.3. The van der Waals surface area contributed by atoms with Crippen LogP contribution in [-0.2, 0) is 0 Å². The number of nitrogens with zero attached hydrogens (tertiary/aromatic N) is 1. The van der Waals surface area contributed by atoms with Gasteiger partial charge < -0.3 is 15.3 Å². The number of hydrogen-bond acceptors (Lipinski definition) is 3. The topological polar surface area (TPSA) is 52.6 Å². The summed E-state index contributed by atoms with van der Waals surface area (Å²) < 4.78 is 0. The Morgan fingerprint density at radius 2 is 1.87 bits per heavy atom. The van der Waals surface area contributed by atoms with Crippen LogP contribution in [0.2, 0.25) is 0 Å². The minimum absolute atomic E-state index is 0.00355. The van der Waals surface area contributed by atoms with Crippen LogP contribution in [0, 0.1) is 5.92 Å². The normalized spacial score (nSPS) is 17.3. The van der Waals surface area contributed by atoms with Gasteiger partial charge in [0.25, 0.3) is 0 Å². The van der Waals surface area contributed by atoms with Crippen LogP contribution >= 0.6 is 11.8 Å². The fraction of sp³-hybridized carbons (Fsp3) is 0.611. The summed E-state index contributed by atoms with van der Waals surface area (Å²) in [5, 5.41) is 12.8. The minimum Gasteiger partial charge on any atom is -0.396 e. The second kappa shape index (κ2) is 8.60. The number of thioether (sulfide) groups is 1. The molecular weight excluding hydrogens is 308 g/mol. The smallest absolute Gasteiger partial charge is 0.317 e. The van der Waals surface area contributed by atoms with Crippen LogP contribution in [0.5, 0.6) is 0 Å². The molecular formula is C18H28N2O2S. The number of rotatable bonds is 5. The molecule has 1 fully saturated rings. The predicted molar refractivity (Wildman–Crippen MR) is 95.8 cm³/mol. The highest BCUT2D eigenvalue weighted by molar-refractivity contribution is 7.99. The van der Waals surface area contributed by atoms with E-state index in [1.165, 1.54) is 4.90 Å². The molecule has 23 heavy (non-hydrogen) atoms. The van der Waals surface area contributed by atoms with Crippen LogP contribution in [0.3, 0.4) is 0 Å². The van der Waals surface area contributed by atoms with E-state index in [4.69, 9.17) is 5.11 Å². The van der Waals surface area contributed by atoms with E-state index in [1.807, 2.05) is 23.6 Å². The Hall–Kier alpha value is -1.20. The number of benzene rings is 1. The zero-order chi connectivity index (χ0) is 16.8. The van der Waals surface area contributed by atoms with Crippen molar-refractivity contribution >= 4 is 17.8 Å². The number of urea groups is 1. The van der Waals surface area contributed by atoms with Gasteiger partial charge in [-0.25, -0.2) is 4.79 Å².